The molecule has 0 aliphatic heterocycles. The van der Waals surface area contributed by atoms with Crippen LogP contribution in [0.3, 0.4) is 0 Å². The van der Waals surface area contributed by atoms with Gasteiger partial charge in [0, 0.05) is 12.6 Å². The van der Waals surface area contributed by atoms with Crippen molar-refractivity contribution in [2.24, 2.45) is 0 Å². The van der Waals surface area contributed by atoms with Crippen LogP contribution in [0, 0.1) is 0 Å². The largest absolute Gasteiger partial charge is 0.331 e. The highest BCUT2D eigenvalue weighted by atomic mass is 15.0. The predicted molar refractivity (Wildman–Crippen MR) is 72.1 cm³/mol. The number of benzene rings is 1. The molecule has 2 rings (SSSR count). The molecule has 0 radical (unpaired) electrons. The van der Waals surface area contributed by atoms with E-state index in [0.29, 0.717) is 6.04 Å². The van der Waals surface area contributed by atoms with Crippen molar-refractivity contribution in [1.29, 1.82) is 0 Å². The maximum atomic E-state index is 4.40. The van der Waals surface area contributed by atoms with Gasteiger partial charge in [-0.15, -0.1) is 0 Å². The summed E-state index contributed by atoms with van der Waals surface area (Å²) in [5, 5.41) is 3.27. The van der Waals surface area contributed by atoms with E-state index in [0.717, 1.165) is 12.1 Å². The van der Waals surface area contributed by atoms with Crippen LogP contribution in [0.4, 0.5) is 0 Å². The summed E-state index contributed by atoms with van der Waals surface area (Å²) in [6.45, 7) is 3.30. The van der Waals surface area contributed by atoms with Gasteiger partial charge in [0.05, 0.1) is 17.4 Å². The second-order valence-electron chi connectivity index (χ2n) is 4.61. The highest BCUT2D eigenvalue weighted by Gasteiger charge is 2.01. The quantitative estimate of drug-likeness (QED) is 0.775. The van der Waals surface area contributed by atoms with Crippen LogP contribution >= 0.6 is 0 Å². The molecule has 1 atom stereocenters. The predicted octanol–water partition coefficient (Wildman–Crippen LogP) is 2.81. The summed E-state index contributed by atoms with van der Waals surface area (Å²) in [5.41, 5.74) is 2.34. The van der Waals surface area contributed by atoms with Gasteiger partial charge in [-0.05, 0) is 38.9 Å². The number of aromatic nitrogens is 2. The number of imidazole rings is 1. The molecule has 0 saturated carbocycles. The van der Waals surface area contributed by atoms with Crippen molar-refractivity contribution in [2.75, 3.05) is 7.05 Å². The fourth-order valence-corrected chi connectivity index (χ4v) is 2.07. The van der Waals surface area contributed by atoms with Crippen LogP contribution in [-0.2, 0) is 6.54 Å². The fourth-order valence-electron chi connectivity index (χ4n) is 2.07. The molecule has 0 amide bonds. The van der Waals surface area contributed by atoms with Crippen molar-refractivity contribution in [1.82, 2.24) is 14.9 Å². The Morgan fingerprint density at radius 1 is 1.29 bits per heavy atom. The van der Waals surface area contributed by atoms with Crippen LogP contribution in [0.2, 0.25) is 0 Å². The lowest BCUT2D eigenvalue weighted by Crippen LogP contribution is -2.20. The molecule has 0 aliphatic carbocycles. The Morgan fingerprint density at radius 3 is 2.94 bits per heavy atom. The molecule has 0 bridgehead atoms. The first-order chi connectivity index (χ1) is 8.31. The first-order valence-corrected chi connectivity index (χ1v) is 6.38. The molecule has 1 aromatic carbocycles. The Kier molecular flexibility index (Phi) is 4.15. The molecule has 1 heterocycles. The van der Waals surface area contributed by atoms with Gasteiger partial charge in [-0.25, -0.2) is 4.98 Å². The third-order valence-electron chi connectivity index (χ3n) is 3.31. The van der Waals surface area contributed by atoms with E-state index in [1.54, 1.807) is 0 Å². The van der Waals surface area contributed by atoms with E-state index >= 15 is 0 Å². The molecule has 0 spiro atoms. The molecule has 2 aromatic rings. The van der Waals surface area contributed by atoms with E-state index in [1.807, 2.05) is 19.4 Å². The van der Waals surface area contributed by atoms with Crippen molar-refractivity contribution in [2.45, 2.75) is 38.8 Å². The molecule has 3 heteroatoms. The molecule has 1 unspecified atom stereocenters. The van der Waals surface area contributed by atoms with Crippen LogP contribution in [0.1, 0.15) is 26.2 Å². The third-order valence-corrected chi connectivity index (χ3v) is 3.31. The number of unbranched alkanes of at least 4 members (excludes halogenated alkanes) is 1. The highest BCUT2D eigenvalue weighted by molar-refractivity contribution is 5.74. The molecule has 0 fully saturated rings. The van der Waals surface area contributed by atoms with Crippen LogP contribution in [0.25, 0.3) is 11.0 Å². The summed E-state index contributed by atoms with van der Waals surface area (Å²) >= 11 is 0. The molecule has 0 saturated heterocycles. The lowest BCUT2D eigenvalue weighted by Gasteiger charge is -2.09. The van der Waals surface area contributed by atoms with Crippen molar-refractivity contribution in [3.63, 3.8) is 0 Å². The maximum absolute atomic E-state index is 4.40. The summed E-state index contributed by atoms with van der Waals surface area (Å²) in [6, 6.07) is 8.93. The zero-order valence-electron chi connectivity index (χ0n) is 10.7. The topological polar surface area (TPSA) is 29.9 Å². The second kappa shape index (κ2) is 5.82. The van der Waals surface area contributed by atoms with Gasteiger partial charge >= 0.3 is 0 Å². The summed E-state index contributed by atoms with van der Waals surface area (Å²) in [7, 11) is 2.02. The van der Waals surface area contributed by atoms with Gasteiger partial charge in [0.2, 0.25) is 0 Å². The van der Waals surface area contributed by atoms with Gasteiger partial charge in [0.1, 0.15) is 0 Å². The number of para-hydroxylation sites is 2. The number of nitrogens with one attached hydrogen (secondary N) is 1. The molecule has 92 valence electrons. The van der Waals surface area contributed by atoms with E-state index in [2.05, 4.69) is 40.0 Å². The van der Waals surface area contributed by atoms with Crippen LogP contribution < -0.4 is 5.32 Å². The smallest absolute Gasteiger partial charge is 0.0958 e. The number of nitrogens with zero attached hydrogens (tertiary/aromatic N) is 2. The van der Waals surface area contributed by atoms with Gasteiger partial charge in [-0.2, -0.15) is 0 Å². The Bertz CT molecular complexity index is 461. The Balaban J connectivity index is 1.87. The SMILES string of the molecule is CNC(C)CCCCn1cnc2ccccc21. The Morgan fingerprint density at radius 2 is 2.12 bits per heavy atom. The standard InChI is InChI=1S/C14H21N3/c1-12(15-2)7-5-6-10-17-11-16-13-8-3-4-9-14(13)17/h3-4,8-9,11-12,15H,5-7,10H2,1-2H3. The van der Waals surface area contributed by atoms with Crippen LogP contribution in [0.5, 0.6) is 0 Å². The normalized spacial score (nSPS) is 13.1. The monoisotopic (exact) mass is 231 g/mol. The van der Waals surface area contributed by atoms with Crippen molar-refractivity contribution < 1.29 is 0 Å². The number of rotatable bonds is 6. The summed E-state index contributed by atoms with van der Waals surface area (Å²) < 4.78 is 2.25. The first-order valence-electron chi connectivity index (χ1n) is 6.38. The van der Waals surface area contributed by atoms with Crippen molar-refractivity contribution in [3.05, 3.63) is 30.6 Å². The minimum atomic E-state index is 0.620. The van der Waals surface area contributed by atoms with E-state index in [1.165, 1.54) is 24.8 Å². The highest BCUT2D eigenvalue weighted by Crippen LogP contribution is 2.13. The third kappa shape index (κ3) is 3.07. The lowest BCUT2D eigenvalue weighted by molar-refractivity contribution is 0.508. The molecular weight excluding hydrogens is 210 g/mol. The first kappa shape index (κ1) is 12.1. The molecule has 17 heavy (non-hydrogen) atoms. The van der Waals surface area contributed by atoms with Gasteiger partial charge < -0.3 is 9.88 Å². The van der Waals surface area contributed by atoms with Crippen molar-refractivity contribution >= 4 is 11.0 Å². The van der Waals surface area contributed by atoms with Crippen LogP contribution in [0.15, 0.2) is 30.6 Å². The molecule has 3 nitrogen and oxygen atoms in total. The number of fused-ring (bicyclic) bond motifs is 1. The average molecular weight is 231 g/mol. The van der Waals surface area contributed by atoms with E-state index in [4.69, 9.17) is 0 Å². The maximum Gasteiger partial charge on any atom is 0.0958 e. The summed E-state index contributed by atoms with van der Waals surface area (Å²) in [6.07, 6.45) is 5.66. The summed E-state index contributed by atoms with van der Waals surface area (Å²) in [4.78, 5) is 4.40. The van der Waals surface area contributed by atoms with Gasteiger partial charge in [-0.1, -0.05) is 18.6 Å². The van der Waals surface area contributed by atoms with E-state index < -0.39 is 0 Å². The Hall–Kier alpha value is -1.35. The fraction of sp³-hybridized carbons (Fsp3) is 0.500. The molecule has 1 aromatic heterocycles. The number of hydrogen-bond acceptors (Lipinski definition) is 2. The zero-order chi connectivity index (χ0) is 12.1. The average Bonchev–Trinajstić information content (AvgIpc) is 2.78. The van der Waals surface area contributed by atoms with Crippen LogP contribution in [-0.4, -0.2) is 22.6 Å². The lowest BCUT2D eigenvalue weighted by atomic mass is 10.1. The number of hydrogen-bond donors (Lipinski definition) is 1. The van der Waals surface area contributed by atoms with Gasteiger partial charge in [-0.3, -0.25) is 0 Å². The van der Waals surface area contributed by atoms with E-state index in [9.17, 15) is 0 Å². The minimum Gasteiger partial charge on any atom is -0.331 e. The summed E-state index contributed by atoms with van der Waals surface area (Å²) in [5.74, 6) is 0. The van der Waals surface area contributed by atoms with Gasteiger partial charge in [0.25, 0.3) is 0 Å². The van der Waals surface area contributed by atoms with Gasteiger partial charge in [0.15, 0.2) is 0 Å². The molecule has 0 aliphatic rings. The number of aryl methyl sites for hydroxylation is 1. The molecule has 1 N–H and O–H groups in total. The zero-order valence-corrected chi connectivity index (χ0v) is 10.7. The second-order valence-corrected chi connectivity index (χ2v) is 4.61. The Labute approximate surface area is 103 Å². The van der Waals surface area contributed by atoms with Crippen molar-refractivity contribution in [3.8, 4) is 0 Å². The minimum absolute atomic E-state index is 0.620. The molecular formula is C14H21N3. The van der Waals surface area contributed by atoms with E-state index in [-0.39, 0.29) is 0 Å².